The number of halogens is 3. The van der Waals surface area contributed by atoms with Gasteiger partial charge in [-0.3, -0.25) is 4.79 Å². The molecule has 2 aromatic carbocycles. The van der Waals surface area contributed by atoms with Gasteiger partial charge in [0.1, 0.15) is 6.61 Å². The number of hydrogen-bond acceptors (Lipinski definition) is 5. The molecule has 0 spiro atoms. The number of allylic oxidation sites excluding steroid dienone is 1. The summed E-state index contributed by atoms with van der Waals surface area (Å²) in [6.07, 6.45) is 4.69. The van der Waals surface area contributed by atoms with E-state index in [0.29, 0.717) is 45.3 Å². The number of pyridine rings is 1. The van der Waals surface area contributed by atoms with Crippen molar-refractivity contribution in [3.05, 3.63) is 87.0 Å². The third kappa shape index (κ3) is 6.71. The molecule has 0 unspecified atom stereocenters. The van der Waals surface area contributed by atoms with Gasteiger partial charge >= 0.3 is 0 Å². The zero-order valence-electron chi connectivity index (χ0n) is 17.5. The van der Waals surface area contributed by atoms with Gasteiger partial charge < -0.3 is 14.4 Å². The number of carbonyl (C=O) groups is 1. The molecule has 5 nitrogen and oxygen atoms in total. The van der Waals surface area contributed by atoms with Gasteiger partial charge in [0.05, 0.1) is 15.6 Å². The third-order valence-electron chi connectivity index (χ3n) is 4.32. The number of ketones is 1. The molecule has 1 heterocycles. The number of likely N-dealkylation sites (N-methyl/N-ethyl adjacent to an activating group) is 1. The van der Waals surface area contributed by atoms with Crippen LogP contribution in [0.5, 0.6) is 17.4 Å². The summed E-state index contributed by atoms with van der Waals surface area (Å²) >= 11 is 18.2. The molecule has 3 aromatic rings. The summed E-state index contributed by atoms with van der Waals surface area (Å²) in [7, 11) is 3.89. The van der Waals surface area contributed by atoms with Crippen LogP contribution in [-0.2, 0) is 0 Å². The Labute approximate surface area is 202 Å². The molecule has 0 radical (unpaired) electrons. The number of aromatic nitrogens is 1. The van der Waals surface area contributed by atoms with Crippen molar-refractivity contribution in [1.29, 1.82) is 0 Å². The lowest BCUT2D eigenvalue weighted by molar-refractivity contribution is 0.104. The van der Waals surface area contributed by atoms with Crippen LogP contribution in [0, 0.1) is 0 Å². The molecule has 8 heteroatoms. The Morgan fingerprint density at radius 2 is 1.72 bits per heavy atom. The van der Waals surface area contributed by atoms with Crippen LogP contribution in [0.15, 0.2) is 60.8 Å². The summed E-state index contributed by atoms with van der Waals surface area (Å²) in [5, 5.41) is 1.26. The van der Waals surface area contributed by atoms with Crippen molar-refractivity contribution in [2.75, 3.05) is 27.2 Å². The fourth-order valence-electron chi connectivity index (χ4n) is 2.64. The number of carbonyl (C=O) groups excluding carboxylic acids is 1. The van der Waals surface area contributed by atoms with Crippen LogP contribution in [0.1, 0.15) is 15.9 Å². The van der Waals surface area contributed by atoms with Gasteiger partial charge in [-0.05, 0) is 50.0 Å². The highest BCUT2D eigenvalue weighted by atomic mass is 35.5. The molecule has 166 valence electrons. The predicted octanol–water partition coefficient (Wildman–Crippen LogP) is 6.67. The van der Waals surface area contributed by atoms with Crippen LogP contribution in [0.4, 0.5) is 0 Å². The molecule has 0 amide bonds. The summed E-state index contributed by atoms with van der Waals surface area (Å²) < 4.78 is 11.8. The maximum absolute atomic E-state index is 12.8. The molecule has 0 saturated heterocycles. The Kier molecular flexibility index (Phi) is 8.53. The lowest BCUT2D eigenvalue weighted by Crippen LogP contribution is -2.19. The van der Waals surface area contributed by atoms with E-state index in [1.165, 1.54) is 6.08 Å². The van der Waals surface area contributed by atoms with Gasteiger partial charge in [0, 0.05) is 29.9 Å². The van der Waals surface area contributed by atoms with E-state index in [2.05, 4.69) is 4.98 Å². The number of benzene rings is 2. The van der Waals surface area contributed by atoms with Gasteiger partial charge in [-0.2, -0.15) is 0 Å². The minimum absolute atomic E-state index is 0.133. The third-order valence-corrected chi connectivity index (χ3v) is 5.30. The van der Waals surface area contributed by atoms with E-state index >= 15 is 0 Å². The highest BCUT2D eigenvalue weighted by Crippen LogP contribution is 2.38. The first-order chi connectivity index (χ1) is 15.3. The molecule has 0 bridgehead atoms. The molecule has 0 N–H and O–H groups in total. The molecule has 0 aliphatic rings. The van der Waals surface area contributed by atoms with Crippen molar-refractivity contribution in [2.24, 2.45) is 0 Å². The number of hydrogen-bond donors (Lipinski definition) is 0. The molecule has 0 aliphatic carbocycles. The minimum atomic E-state index is -0.266. The van der Waals surface area contributed by atoms with E-state index in [9.17, 15) is 4.79 Å². The van der Waals surface area contributed by atoms with Crippen LogP contribution in [-0.4, -0.2) is 42.9 Å². The fourth-order valence-corrected chi connectivity index (χ4v) is 3.07. The second-order valence-corrected chi connectivity index (χ2v) is 8.32. The highest BCUT2D eigenvalue weighted by molar-refractivity contribution is 6.42. The first-order valence-electron chi connectivity index (χ1n) is 9.71. The Morgan fingerprint density at radius 3 is 2.41 bits per heavy atom. The largest absolute Gasteiger partial charge is 0.488 e. The van der Waals surface area contributed by atoms with E-state index in [1.54, 1.807) is 48.7 Å². The lowest BCUT2D eigenvalue weighted by Gasteiger charge is -2.16. The molecule has 0 aliphatic heterocycles. The summed E-state index contributed by atoms with van der Waals surface area (Å²) in [5.74, 6) is 0.585. The summed E-state index contributed by atoms with van der Waals surface area (Å²) in [5.41, 5.74) is 1.14. The van der Waals surface area contributed by atoms with Crippen LogP contribution < -0.4 is 9.47 Å². The Bertz CT molecular complexity index is 1120. The highest BCUT2D eigenvalue weighted by Gasteiger charge is 2.17. The zero-order valence-corrected chi connectivity index (χ0v) is 19.8. The van der Waals surface area contributed by atoms with Crippen molar-refractivity contribution < 1.29 is 14.3 Å². The SMILES string of the molecule is CN(C)CCOc1cc(Cl)c(Cl)cc1Oc1ncccc1C(=O)C=Cc1ccc(Cl)cc1. The Morgan fingerprint density at radius 1 is 1.03 bits per heavy atom. The predicted molar refractivity (Wildman–Crippen MR) is 130 cm³/mol. The summed E-state index contributed by atoms with van der Waals surface area (Å²) in [6, 6.07) is 13.6. The zero-order chi connectivity index (χ0) is 23.1. The maximum Gasteiger partial charge on any atom is 0.230 e. The van der Waals surface area contributed by atoms with Crippen LogP contribution in [0.2, 0.25) is 15.1 Å². The number of nitrogens with zero attached hydrogens (tertiary/aromatic N) is 2. The van der Waals surface area contributed by atoms with Gasteiger partial charge in [-0.15, -0.1) is 0 Å². The minimum Gasteiger partial charge on any atom is -0.488 e. The molecule has 0 fully saturated rings. The quantitative estimate of drug-likeness (QED) is 0.247. The van der Waals surface area contributed by atoms with Crippen LogP contribution in [0.25, 0.3) is 6.08 Å². The standard InChI is InChI=1S/C24H21Cl3N2O3/c1-29(2)12-13-31-22-14-19(26)20(27)15-23(22)32-24-18(4-3-11-28-24)21(30)10-7-16-5-8-17(25)9-6-16/h3-11,14-15H,12-13H2,1-2H3. The van der Waals surface area contributed by atoms with Crippen LogP contribution in [0.3, 0.4) is 0 Å². The molecular formula is C24H21Cl3N2O3. The number of ether oxygens (including phenoxy) is 2. The fraction of sp³-hybridized carbons (Fsp3) is 0.167. The van der Waals surface area contributed by atoms with Gasteiger partial charge in [0.2, 0.25) is 5.88 Å². The van der Waals surface area contributed by atoms with Crippen molar-refractivity contribution in [1.82, 2.24) is 9.88 Å². The van der Waals surface area contributed by atoms with E-state index in [0.717, 1.165) is 5.56 Å². The second-order valence-electron chi connectivity index (χ2n) is 7.07. The molecule has 1 aromatic heterocycles. The monoisotopic (exact) mass is 490 g/mol. The maximum atomic E-state index is 12.8. The lowest BCUT2D eigenvalue weighted by atomic mass is 10.1. The smallest absolute Gasteiger partial charge is 0.230 e. The first-order valence-corrected chi connectivity index (χ1v) is 10.8. The van der Waals surface area contributed by atoms with Crippen molar-refractivity contribution in [3.8, 4) is 17.4 Å². The normalized spacial score (nSPS) is 11.2. The van der Waals surface area contributed by atoms with Gasteiger partial charge in [-0.1, -0.05) is 53.0 Å². The molecule has 3 rings (SSSR count). The topological polar surface area (TPSA) is 51.7 Å². The van der Waals surface area contributed by atoms with Gasteiger partial charge in [-0.25, -0.2) is 4.98 Å². The van der Waals surface area contributed by atoms with Crippen LogP contribution >= 0.6 is 34.8 Å². The molecule has 0 saturated carbocycles. The Hall–Kier alpha value is -2.57. The van der Waals surface area contributed by atoms with Crippen molar-refractivity contribution >= 4 is 46.7 Å². The van der Waals surface area contributed by atoms with Crippen molar-refractivity contribution in [3.63, 3.8) is 0 Å². The number of rotatable bonds is 9. The van der Waals surface area contributed by atoms with E-state index in [1.807, 2.05) is 31.1 Å². The van der Waals surface area contributed by atoms with E-state index in [4.69, 9.17) is 44.3 Å². The Balaban J connectivity index is 1.85. The summed E-state index contributed by atoms with van der Waals surface area (Å²) in [4.78, 5) is 19.0. The van der Waals surface area contributed by atoms with Gasteiger partial charge in [0.25, 0.3) is 0 Å². The second kappa shape index (κ2) is 11.3. The average Bonchev–Trinajstić information content (AvgIpc) is 2.76. The van der Waals surface area contributed by atoms with E-state index < -0.39 is 0 Å². The first kappa shape index (κ1) is 24.1. The van der Waals surface area contributed by atoms with Gasteiger partial charge in [0.15, 0.2) is 17.3 Å². The van der Waals surface area contributed by atoms with E-state index in [-0.39, 0.29) is 11.7 Å². The average molecular weight is 492 g/mol. The molecular weight excluding hydrogens is 471 g/mol. The summed E-state index contributed by atoms with van der Waals surface area (Å²) in [6.45, 7) is 1.11. The molecule has 0 atom stereocenters. The van der Waals surface area contributed by atoms with Crippen molar-refractivity contribution in [2.45, 2.75) is 0 Å². The molecule has 32 heavy (non-hydrogen) atoms.